The van der Waals surface area contributed by atoms with Crippen molar-refractivity contribution in [3.8, 4) is 11.5 Å². The highest BCUT2D eigenvalue weighted by Crippen LogP contribution is 2.36. The molecule has 0 fully saturated rings. The number of carbonyl (C=O) groups excluding carboxylic acids is 1. The van der Waals surface area contributed by atoms with E-state index in [0.717, 1.165) is 17.7 Å². The van der Waals surface area contributed by atoms with Crippen LogP contribution in [-0.2, 0) is 6.54 Å². The number of rotatable bonds is 5. The van der Waals surface area contributed by atoms with E-state index in [0.29, 0.717) is 6.54 Å². The summed E-state index contributed by atoms with van der Waals surface area (Å²) in [4.78, 5) is 26.7. The zero-order chi connectivity index (χ0) is 18.0. The smallest absolute Gasteiger partial charge is 0.315 e. The highest BCUT2D eigenvalue weighted by molar-refractivity contribution is 8.93. The van der Waals surface area contributed by atoms with E-state index in [2.05, 4.69) is 4.98 Å². The molecule has 9 heteroatoms. The van der Waals surface area contributed by atoms with Gasteiger partial charge in [0.1, 0.15) is 0 Å². The molecule has 26 heavy (non-hydrogen) atoms. The maximum atomic E-state index is 12.7. The number of phenolic OH excluding ortho intramolecular Hbond substituents is 2. The maximum absolute atomic E-state index is 12.7. The van der Waals surface area contributed by atoms with Crippen molar-refractivity contribution in [2.24, 2.45) is 0 Å². The van der Waals surface area contributed by atoms with Crippen molar-refractivity contribution < 1.29 is 19.9 Å². The first-order chi connectivity index (χ1) is 12.0. The third-order valence-electron chi connectivity index (χ3n) is 3.64. The number of nitro groups is 1. The Morgan fingerprint density at radius 2 is 1.88 bits per heavy atom. The molecule has 0 saturated carbocycles. The first-order valence-corrected chi connectivity index (χ1v) is 7.27. The minimum atomic E-state index is -0.880. The molecule has 134 valence electrons. The molecule has 0 spiro atoms. The van der Waals surface area contributed by atoms with Crippen LogP contribution in [-0.4, -0.2) is 30.5 Å². The van der Waals surface area contributed by atoms with Gasteiger partial charge in [-0.1, -0.05) is 30.3 Å². The summed E-state index contributed by atoms with van der Waals surface area (Å²) in [6.07, 6.45) is 3.07. The Hall–Kier alpha value is -3.20. The maximum Gasteiger partial charge on any atom is 0.315 e. The summed E-state index contributed by atoms with van der Waals surface area (Å²) in [7, 11) is 0. The van der Waals surface area contributed by atoms with Crippen LogP contribution in [0.2, 0.25) is 0 Å². The van der Waals surface area contributed by atoms with Gasteiger partial charge in [0.15, 0.2) is 11.6 Å². The lowest BCUT2D eigenvalue weighted by Gasteiger charge is -2.08. The molecule has 2 aromatic carbocycles. The van der Waals surface area contributed by atoms with Crippen LogP contribution in [0.5, 0.6) is 11.5 Å². The Morgan fingerprint density at radius 3 is 2.54 bits per heavy atom. The molecule has 8 nitrogen and oxygen atoms in total. The molecular weight excluding hydrogens is 406 g/mol. The number of nitro benzene ring substituents is 1. The molecule has 1 aromatic heterocycles. The fourth-order valence-corrected chi connectivity index (χ4v) is 2.43. The quantitative estimate of drug-likeness (QED) is 0.284. The van der Waals surface area contributed by atoms with Crippen LogP contribution in [0.15, 0.2) is 54.9 Å². The average molecular weight is 420 g/mol. The van der Waals surface area contributed by atoms with Crippen LogP contribution in [0, 0.1) is 10.1 Å². The third kappa shape index (κ3) is 3.72. The molecule has 1 heterocycles. The molecule has 0 amide bonds. The average Bonchev–Trinajstić information content (AvgIpc) is 3.05. The molecule has 2 N–H and O–H groups in total. The van der Waals surface area contributed by atoms with Crippen molar-refractivity contribution >= 4 is 28.5 Å². The second kappa shape index (κ2) is 7.79. The summed E-state index contributed by atoms with van der Waals surface area (Å²) in [5.41, 5.74) is 0.0705. The van der Waals surface area contributed by atoms with Gasteiger partial charge >= 0.3 is 5.69 Å². The number of imidazole rings is 1. The second-order valence-corrected chi connectivity index (χ2v) is 5.31. The number of carbonyl (C=O) groups is 1. The SMILES string of the molecule is Br.O=C(c1cc(O)c(O)c([N+](=O)[O-])c1)c1nccn1Cc1ccccc1. The second-order valence-electron chi connectivity index (χ2n) is 5.31. The van der Waals surface area contributed by atoms with Crippen LogP contribution in [0.4, 0.5) is 5.69 Å². The number of hydrogen-bond donors (Lipinski definition) is 2. The summed E-state index contributed by atoms with van der Waals surface area (Å²) in [6.45, 7) is 0.397. The van der Waals surface area contributed by atoms with Gasteiger partial charge in [-0.05, 0) is 11.6 Å². The van der Waals surface area contributed by atoms with Crippen molar-refractivity contribution in [1.82, 2.24) is 9.55 Å². The zero-order valence-corrected chi connectivity index (χ0v) is 15.0. The number of nitrogens with zero attached hydrogens (tertiary/aromatic N) is 3. The van der Waals surface area contributed by atoms with Crippen LogP contribution in [0.25, 0.3) is 0 Å². The van der Waals surface area contributed by atoms with Gasteiger partial charge in [-0.2, -0.15) is 0 Å². The highest BCUT2D eigenvalue weighted by Gasteiger charge is 2.24. The predicted octanol–water partition coefficient (Wildman–Crippen LogP) is 3.06. The van der Waals surface area contributed by atoms with Crippen molar-refractivity contribution in [2.75, 3.05) is 0 Å². The molecule has 3 aromatic rings. The van der Waals surface area contributed by atoms with E-state index < -0.39 is 27.9 Å². The first-order valence-electron chi connectivity index (χ1n) is 7.27. The molecule has 0 bridgehead atoms. The summed E-state index contributed by atoms with van der Waals surface area (Å²) in [5.74, 6) is -2.14. The van der Waals surface area contributed by atoms with Crippen LogP contribution < -0.4 is 0 Å². The number of benzene rings is 2. The van der Waals surface area contributed by atoms with Crippen molar-refractivity contribution in [1.29, 1.82) is 0 Å². The monoisotopic (exact) mass is 419 g/mol. The molecule has 0 aliphatic heterocycles. The molecule has 0 unspecified atom stereocenters. The van der Waals surface area contributed by atoms with Crippen LogP contribution in [0.3, 0.4) is 0 Å². The van der Waals surface area contributed by atoms with E-state index in [-0.39, 0.29) is 28.4 Å². The van der Waals surface area contributed by atoms with Gasteiger partial charge in [0, 0.05) is 30.6 Å². The van der Waals surface area contributed by atoms with E-state index in [1.54, 1.807) is 10.8 Å². The number of halogens is 1. The molecule has 0 aliphatic carbocycles. The normalized spacial score (nSPS) is 10.2. The standard InChI is InChI=1S/C17H13N3O5.BrH/c21-14-9-12(8-13(16(14)23)20(24)25)15(22)17-18-6-7-19(17)10-11-4-2-1-3-5-11;/h1-9,21,23H,10H2;1H. The molecule has 3 rings (SSSR count). The van der Waals surface area contributed by atoms with Gasteiger partial charge < -0.3 is 14.8 Å². The zero-order valence-electron chi connectivity index (χ0n) is 13.3. The fourth-order valence-electron chi connectivity index (χ4n) is 2.43. The Morgan fingerprint density at radius 1 is 1.19 bits per heavy atom. The molecule has 0 aliphatic rings. The first kappa shape index (κ1) is 19.1. The van der Waals surface area contributed by atoms with E-state index in [9.17, 15) is 25.1 Å². The summed E-state index contributed by atoms with van der Waals surface area (Å²) >= 11 is 0. The predicted molar refractivity (Wildman–Crippen MR) is 98.0 cm³/mol. The van der Waals surface area contributed by atoms with Gasteiger partial charge in [-0.3, -0.25) is 14.9 Å². The van der Waals surface area contributed by atoms with Crippen molar-refractivity contribution in [3.05, 3.63) is 81.9 Å². The Balaban J connectivity index is 0.00000243. The summed E-state index contributed by atoms with van der Waals surface area (Å²) in [5, 5.41) is 30.1. The molecule has 0 radical (unpaired) electrons. The lowest BCUT2D eigenvalue weighted by Crippen LogP contribution is -2.12. The van der Waals surface area contributed by atoms with Gasteiger partial charge in [-0.25, -0.2) is 4.98 Å². The minimum Gasteiger partial charge on any atom is -0.504 e. The largest absolute Gasteiger partial charge is 0.504 e. The van der Waals surface area contributed by atoms with Gasteiger partial charge in [0.2, 0.25) is 11.5 Å². The van der Waals surface area contributed by atoms with E-state index in [1.807, 2.05) is 30.3 Å². The van der Waals surface area contributed by atoms with Gasteiger partial charge in [-0.15, -0.1) is 17.0 Å². The van der Waals surface area contributed by atoms with E-state index in [1.165, 1.54) is 6.20 Å². The number of aromatic hydroxyl groups is 2. The third-order valence-corrected chi connectivity index (χ3v) is 3.64. The lowest BCUT2D eigenvalue weighted by molar-refractivity contribution is -0.386. The Bertz CT molecular complexity index is 956. The van der Waals surface area contributed by atoms with Crippen molar-refractivity contribution in [3.63, 3.8) is 0 Å². The summed E-state index contributed by atoms with van der Waals surface area (Å²) < 4.78 is 1.60. The Labute approximate surface area is 158 Å². The van der Waals surface area contributed by atoms with Crippen LogP contribution in [0.1, 0.15) is 21.7 Å². The molecule has 0 saturated heterocycles. The molecular formula is C17H14BrN3O5. The van der Waals surface area contributed by atoms with Crippen molar-refractivity contribution in [2.45, 2.75) is 6.54 Å². The van der Waals surface area contributed by atoms with Gasteiger partial charge in [0.05, 0.1) is 4.92 Å². The number of hydrogen-bond acceptors (Lipinski definition) is 6. The van der Waals surface area contributed by atoms with Gasteiger partial charge in [0.25, 0.3) is 0 Å². The molecule has 0 atom stereocenters. The number of phenols is 2. The fraction of sp³-hybridized carbons (Fsp3) is 0.0588. The minimum absolute atomic E-state index is 0. The van der Waals surface area contributed by atoms with E-state index >= 15 is 0 Å². The number of ketones is 1. The lowest BCUT2D eigenvalue weighted by atomic mass is 10.1. The highest BCUT2D eigenvalue weighted by atomic mass is 79.9. The van der Waals surface area contributed by atoms with E-state index in [4.69, 9.17) is 0 Å². The number of aromatic nitrogens is 2. The Kier molecular flexibility index (Phi) is 5.73. The van der Waals surface area contributed by atoms with Crippen LogP contribution >= 0.6 is 17.0 Å². The topological polar surface area (TPSA) is 118 Å². The summed E-state index contributed by atoms with van der Waals surface area (Å²) in [6, 6.07) is 11.3.